The summed E-state index contributed by atoms with van der Waals surface area (Å²) in [6.07, 6.45) is 0.631. The van der Waals surface area contributed by atoms with Crippen molar-refractivity contribution < 1.29 is 40.8 Å². The van der Waals surface area contributed by atoms with Gasteiger partial charge >= 0.3 is 22.4 Å². The number of urea groups is 1. The number of amides is 3. The molecule has 0 aromatic carbocycles. The fourth-order valence-electron chi connectivity index (χ4n) is 2.98. The Morgan fingerprint density at radius 2 is 2.00 bits per heavy atom. The number of hydroxylamine groups is 3. The average molecular weight is 452 g/mol. The van der Waals surface area contributed by atoms with Crippen molar-refractivity contribution in [2.45, 2.75) is 45.7 Å². The summed E-state index contributed by atoms with van der Waals surface area (Å²) in [6, 6.07) is -2.18. The highest BCUT2D eigenvalue weighted by molar-refractivity contribution is 7.81. The predicted molar refractivity (Wildman–Crippen MR) is 100 cm³/mol. The summed E-state index contributed by atoms with van der Waals surface area (Å²) >= 11 is 0. The molecule has 0 aliphatic carbocycles. The molecule has 2 heterocycles. The normalized spacial score (nSPS) is 21.7. The van der Waals surface area contributed by atoms with E-state index in [9.17, 15) is 22.8 Å². The molecule has 172 valence electrons. The smallest absolute Gasteiger partial charge is 0.421 e. The number of rotatable bonds is 11. The van der Waals surface area contributed by atoms with Gasteiger partial charge in [0.1, 0.15) is 6.04 Å². The third kappa shape index (κ3) is 5.78. The predicted octanol–water partition coefficient (Wildman–Crippen LogP) is -0.956. The SMILES string of the molecule is CCOC(=O)C(C)(C)COS(=O)(=O)ON1C(=O)N2CC1CCC2C(=O)NOCCN. The summed E-state index contributed by atoms with van der Waals surface area (Å²) < 4.78 is 38.9. The minimum Gasteiger partial charge on any atom is -0.466 e. The molecule has 0 spiro atoms. The summed E-state index contributed by atoms with van der Waals surface area (Å²) in [5.74, 6) is -1.17. The number of hydrogen-bond acceptors (Lipinski definition) is 10. The molecule has 2 saturated heterocycles. The van der Waals surface area contributed by atoms with E-state index >= 15 is 0 Å². The fourth-order valence-corrected chi connectivity index (χ4v) is 3.84. The molecular formula is C16H28N4O9S. The van der Waals surface area contributed by atoms with E-state index in [1.54, 1.807) is 6.92 Å². The molecule has 0 aromatic heterocycles. The fraction of sp³-hybridized carbons (Fsp3) is 0.812. The number of hydrogen-bond donors (Lipinski definition) is 2. The molecule has 13 nitrogen and oxygen atoms in total. The van der Waals surface area contributed by atoms with Crippen LogP contribution in [0.4, 0.5) is 4.79 Å². The Morgan fingerprint density at radius 1 is 1.30 bits per heavy atom. The minimum absolute atomic E-state index is 0.109. The van der Waals surface area contributed by atoms with E-state index in [4.69, 9.17) is 23.8 Å². The molecular weight excluding hydrogens is 424 g/mol. The summed E-state index contributed by atoms with van der Waals surface area (Å²) in [4.78, 5) is 42.8. The molecule has 0 saturated carbocycles. The van der Waals surface area contributed by atoms with E-state index in [2.05, 4.69) is 5.48 Å². The van der Waals surface area contributed by atoms with Gasteiger partial charge in [0, 0.05) is 13.1 Å². The highest BCUT2D eigenvalue weighted by Crippen LogP contribution is 2.31. The van der Waals surface area contributed by atoms with Crippen LogP contribution in [0.25, 0.3) is 0 Å². The van der Waals surface area contributed by atoms with Crippen LogP contribution in [0.15, 0.2) is 0 Å². The first-order valence-electron chi connectivity index (χ1n) is 9.50. The second-order valence-corrected chi connectivity index (χ2v) is 8.66. The molecule has 2 atom stereocenters. The van der Waals surface area contributed by atoms with Gasteiger partial charge in [-0.3, -0.25) is 14.4 Å². The maximum Gasteiger partial charge on any atom is 0.421 e. The van der Waals surface area contributed by atoms with Gasteiger partial charge in [-0.1, -0.05) is 0 Å². The van der Waals surface area contributed by atoms with Crippen LogP contribution in [0.1, 0.15) is 33.6 Å². The lowest BCUT2D eigenvalue weighted by molar-refractivity contribution is -0.155. The number of ether oxygens (including phenoxy) is 1. The van der Waals surface area contributed by atoms with Crippen molar-refractivity contribution in [1.29, 1.82) is 0 Å². The third-order valence-corrected chi connectivity index (χ3v) is 5.33. The standard InChI is InChI=1S/C16H28N4O9S/c1-4-26-14(22)16(2,3)10-28-30(24,25)29-20-11-5-6-12(19(9-11)15(20)23)13(21)18-27-8-7-17/h11-12H,4-10,17H2,1-3H3,(H,18,21). The number of carbonyl (C=O) groups excluding carboxylic acids is 3. The van der Waals surface area contributed by atoms with E-state index in [0.717, 1.165) is 0 Å². The van der Waals surface area contributed by atoms with E-state index in [0.29, 0.717) is 17.9 Å². The molecule has 2 fully saturated rings. The first-order chi connectivity index (χ1) is 14.0. The Kier molecular flexibility index (Phi) is 7.99. The maximum atomic E-state index is 12.6. The van der Waals surface area contributed by atoms with Gasteiger partial charge < -0.3 is 15.4 Å². The van der Waals surface area contributed by atoms with Crippen LogP contribution in [-0.4, -0.2) is 81.3 Å². The van der Waals surface area contributed by atoms with Crippen molar-refractivity contribution in [2.75, 3.05) is 32.9 Å². The van der Waals surface area contributed by atoms with E-state index in [-0.39, 0.29) is 26.3 Å². The molecule has 30 heavy (non-hydrogen) atoms. The number of nitrogens with two attached hydrogens (primary N) is 1. The van der Waals surface area contributed by atoms with E-state index in [1.807, 2.05) is 0 Å². The molecule has 3 N–H and O–H groups in total. The van der Waals surface area contributed by atoms with Crippen molar-refractivity contribution >= 4 is 28.3 Å². The summed E-state index contributed by atoms with van der Waals surface area (Å²) in [6.45, 7) is 4.57. The third-order valence-electron chi connectivity index (χ3n) is 4.58. The number of piperidine rings is 1. The number of esters is 1. The monoisotopic (exact) mass is 452 g/mol. The molecule has 0 aromatic rings. The van der Waals surface area contributed by atoms with Crippen LogP contribution in [0.5, 0.6) is 0 Å². The zero-order chi connectivity index (χ0) is 22.5. The van der Waals surface area contributed by atoms with Crippen LogP contribution in [0.2, 0.25) is 0 Å². The molecule has 2 aliphatic rings. The van der Waals surface area contributed by atoms with Gasteiger partial charge in [-0.25, -0.2) is 14.5 Å². The van der Waals surface area contributed by atoms with Crippen LogP contribution < -0.4 is 11.2 Å². The minimum atomic E-state index is -4.64. The van der Waals surface area contributed by atoms with Gasteiger partial charge in [-0.05, 0) is 33.6 Å². The first-order valence-corrected chi connectivity index (χ1v) is 10.8. The lowest BCUT2D eigenvalue weighted by Gasteiger charge is -2.28. The van der Waals surface area contributed by atoms with Gasteiger partial charge in [0.25, 0.3) is 5.91 Å². The van der Waals surface area contributed by atoms with E-state index < -0.39 is 52.4 Å². The Morgan fingerprint density at radius 3 is 2.63 bits per heavy atom. The quantitative estimate of drug-likeness (QED) is 0.226. The van der Waals surface area contributed by atoms with Gasteiger partial charge in [0.2, 0.25) is 0 Å². The highest BCUT2D eigenvalue weighted by Gasteiger charge is 2.49. The maximum absolute atomic E-state index is 12.6. The van der Waals surface area contributed by atoms with Gasteiger partial charge in [0.05, 0.1) is 31.3 Å². The largest absolute Gasteiger partial charge is 0.466 e. The number of nitrogens with one attached hydrogen (secondary N) is 1. The first kappa shape index (κ1) is 24.3. The van der Waals surface area contributed by atoms with Crippen molar-refractivity contribution in [2.24, 2.45) is 11.1 Å². The van der Waals surface area contributed by atoms with Gasteiger partial charge in [-0.15, -0.1) is 4.28 Å². The summed E-state index contributed by atoms with van der Waals surface area (Å²) in [5, 5.41) is 0.681. The number of carbonyl (C=O) groups is 3. The Labute approximate surface area is 175 Å². The Bertz CT molecular complexity index is 758. The molecule has 14 heteroatoms. The topological polar surface area (TPSA) is 167 Å². The number of fused-ring (bicyclic) bond motifs is 2. The molecule has 3 amide bonds. The second-order valence-electron chi connectivity index (χ2n) is 7.46. The zero-order valence-electron chi connectivity index (χ0n) is 17.2. The molecule has 0 radical (unpaired) electrons. The van der Waals surface area contributed by atoms with Crippen molar-refractivity contribution in [3.05, 3.63) is 0 Å². The highest BCUT2D eigenvalue weighted by atomic mass is 32.3. The molecule has 2 aliphatic heterocycles. The Hall–Kier alpha value is -2.00. The average Bonchev–Trinajstić information content (AvgIpc) is 2.91. The molecule has 2 bridgehead atoms. The molecule has 2 rings (SSSR count). The Balaban J connectivity index is 1.97. The van der Waals surface area contributed by atoms with Gasteiger partial charge in [0.15, 0.2) is 0 Å². The lowest BCUT2D eigenvalue weighted by Crippen LogP contribution is -2.50. The van der Waals surface area contributed by atoms with Crippen LogP contribution >= 0.6 is 0 Å². The van der Waals surface area contributed by atoms with Crippen LogP contribution in [0, 0.1) is 5.41 Å². The summed E-state index contributed by atoms with van der Waals surface area (Å²) in [7, 11) is -4.64. The van der Waals surface area contributed by atoms with Crippen molar-refractivity contribution in [3.8, 4) is 0 Å². The molecule has 2 unspecified atom stereocenters. The van der Waals surface area contributed by atoms with Crippen LogP contribution in [0.3, 0.4) is 0 Å². The van der Waals surface area contributed by atoms with Crippen molar-refractivity contribution in [1.82, 2.24) is 15.4 Å². The van der Waals surface area contributed by atoms with Crippen LogP contribution in [-0.2, 0) is 38.0 Å². The van der Waals surface area contributed by atoms with Crippen molar-refractivity contribution in [3.63, 3.8) is 0 Å². The lowest BCUT2D eigenvalue weighted by atomic mass is 9.95. The van der Waals surface area contributed by atoms with Gasteiger partial charge in [-0.2, -0.15) is 13.5 Å². The summed E-state index contributed by atoms with van der Waals surface area (Å²) in [5.41, 5.74) is 6.25. The second kappa shape index (κ2) is 9.87. The number of nitrogens with zero attached hydrogens (tertiary/aromatic N) is 2. The van der Waals surface area contributed by atoms with E-state index in [1.165, 1.54) is 18.7 Å². The zero-order valence-corrected chi connectivity index (χ0v) is 18.0.